The minimum Gasteiger partial charge on any atom is -0.480 e. The van der Waals surface area contributed by atoms with Crippen molar-refractivity contribution in [3.63, 3.8) is 0 Å². The van der Waals surface area contributed by atoms with Gasteiger partial charge in [0.05, 0.1) is 0 Å². The number of rotatable bonds is 12. The summed E-state index contributed by atoms with van der Waals surface area (Å²) in [5, 5.41) is 14.2. The maximum atomic E-state index is 12.5. The van der Waals surface area contributed by atoms with Gasteiger partial charge in [0, 0.05) is 23.5 Å². The lowest BCUT2D eigenvalue weighted by atomic mass is 9.82. The first-order chi connectivity index (χ1) is 16.7. The Hall–Kier alpha value is -2.76. The number of nitrogens with one attached hydrogen (secondary N) is 3. The average molecular weight is 538 g/mol. The molecule has 0 fully saturated rings. The summed E-state index contributed by atoms with van der Waals surface area (Å²) in [6.07, 6.45) is 0.750. The van der Waals surface area contributed by atoms with E-state index < -0.39 is 38.5 Å². The summed E-state index contributed by atoms with van der Waals surface area (Å²) in [5.74, 6) is -1.80. The topological polar surface area (TPSA) is 142 Å². The summed E-state index contributed by atoms with van der Waals surface area (Å²) in [7, 11) is -4.27. The van der Waals surface area contributed by atoms with Gasteiger partial charge in [-0.25, -0.2) is 4.79 Å². The number of sulfonamides is 1. The second-order valence-corrected chi connectivity index (χ2v) is 12.1. The predicted octanol–water partition coefficient (Wildman–Crippen LogP) is 4.24. The van der Waals surface area contributed by atoms with Crippen LogP contribution in [0, 0.1) is 11.8 Å². The van der Waals surface area contributed by atoms with Gasteiger partial charge in [-0.3, -0.25) is 19.6 Å². The Morgan fingerprint density at radius 1 is 1.08 bits per heavy atom. The molecule has 1 unspecified atom stereocenters. The van der Waals surface area contributed by atoms with Crippen LogP contribution in [0.25, 0.3) is 11.1 Å². The molecule has 198 valence electrons. The number of aliphatic carboxylic acids is 1. The molecule has 9 nitrogen and oxygen atoms in total. The second kappa shape index (κ2) is 12.0. The standard InChI is InChI=1S/C25H35N3O6S2/c1-7-26-24(32)36(33,34)28-22-21(13-20(35-22)12-15(2)3)19-10-8-18(9-11-19)14-27-25(16(4)5,17(6)29)23(30)31/h8-11,13,15-16,27-28H,7,12,14H2,1-6H3,(H,26,32)(H,30,31). The Morgan fingerprint density at radius 3 is 2.17 bits per heavy atom. The minimum absolute atomic E-state index is 0.156. The minimum atomic E-state index is -4.27. The van der Waals surface area contributed by atoms with Crippen LogP contribution in [0.5, 0.6) is 0 Å². The first kappa shape index (κ1) is 29.5. The lowest BCUT2D eigenvalue weighted by Gasteiger charge is -2.32. The van der Waals surface area contributed by atoms with E-state index in [1.54, 1.807) is 45.0 Å². The molecule has 1 heterocycles. The van der Waals surface area contributed by atoms with Crippen molar-refractivity contribution in [1.82, 2.24) is 10.6 Å². The van der Waals surface area contributed by atoms with E-state index in [1.807, 2.05) is 6.07 Å². The number of benzene rings is 1. The van der Waals surface area contributed by atoms with E-state index in [-0.39, 0.29) is 13.1 Å². The summed E-state index contributed by atoms with van der Waals surface area (Å²) < 4.78 is 27.4. The summed E-state index contributed by atoms with van der Waals surface area (Å²) in [4.78, 5) is 37.1. The van der Waals surface area contributed by atoms with Crippen molar-refractivity contribution in [1.29, 1.82) is 0 Å². The molecule has 0 spiro atoms. The predicted molar refractivity (Wildman–Crippen MR) is 143 cm³/mol. The number of thiophene rings is 1. The van der Waals surface area contributed by atoms with Crippen molar-refractivity contribution in [2.24, 2.45) is 11.8 Å². The number of hydrogen-bond donors (Lipinski definition) is 4. The van der Waals surface area contributed by atoms with Crippen LogP contribution >= 0.6 is 11.3 Å². The van der Waals surface area contributed by atoms with Crippen LogP contribution in [0.1, 0.15) is 52.0 Å². The Kier molecular flexibility index (Phi) is 9.81. The molecule has 0 bridgehead atoms. The molecule has 1 amide bonds. The highest BCUT2D eigenvalue weighted by Gasteiger charge is 2.46. The van der Waals surface area contributed by atoms with Crippen LogP contribution in [0.2, 0.25) is 0 Å². The molecule has 1 aromatic carbocycles. The molecule has 0 aliphatic rings. The number of carbonyl (C=O) groups is 3. The van der Waals surface area contributed by atoms with E-state index in [0.29, 0.717) is 16.5 Å². The molecule has 0 aliphatic heterocycles. The molecule has 1 aromatic heterocycles. The molecule has 11 heteroatoms. The Labute approximate surface area is 216 Å². The van der Waals surface area contributed by atoms with Crippen molar-refractivity contribution < 1.29 is 27.9 Å². The van der Waals surface area contributed by atoms with Gasteiger partial charge in [0.15, 0.2) is 11.3 Å². The number of carboxylic acids is 1. The third-order valence-electron chi connectivity index (χ3n) is 5.78. The zero-order chi connectivity index (χ0) is 27.3. The quantitative estimate of drug-likeness (QED) is 0.297. The third kappa shape index (κ3) is 6.71. The highest BCUT2D eigenvalue weighted by Crippen LogP contribution is 2.38. The van der Waals surface area contributed by atoms with Gasteiger partial charge in [0.2, 0.25) is 0 Å². The zero-order valence-corrected chi connectivity index (χ0v) is 23.1. The fourth-order valence-electron chi connectivity index (χ4n) is 3.89. The van der Waals surface area contributed by atoms with Crippen molar-refractivity contribution in [2.45, 2.75) is 60.0 Å². The lowest BCUT2D eigenvalue weighted by Crippen LogP contribution is -2.60. The summed E-state index contributed by atoms with van der Waals surface area (Å²) in [6.45, 7) is 10.7. The molecule has 2 aromatic rings. The first-order valence-electron chi connectivity index (χ1n) is 11.8. The van der Waals surface area contributed by atoms with E-state index in [9.17, 15) is 27.9 Å². The maximum absolute atomic E-state index is 12.5. The molecule has 0 radical (unpaired) electrons. The van der Waals surface area contributed by atoms with E-state index >= 15 is 0 Å². The van der Waals surface area contributed by atoms with Gasteiger partial charge in [-0.15, -0.1) is 11.3 Å². The van der Waals surface area contributed by atoms with Crippen LogP contribution in [0.3, 0.4) is 0 Å². The van der Waals surface area contributed by atoms with Crippen molar-refractivity contribution in [3.05, 3.63) is 40.8 Å². The maximum Gasteiger partial charge on any atom is 0.357 e. The van der Waals surface area contributed by atoms with Crippen LogP contribution < -0.4 is 15.4 Å². The van der Waals surface area contributed by atoms with E-state index in [4.69, 9.17) is 0 Å². The number of ketones is 1. The highest BCUT2D eigenvalue weighted by atomic mass is 32.2. The first-order valence-corrected chi connectivity index (χ1v) is 14.1. The molecule has 1 atom stereocenters. The number of carbonyl (C=O) groups excluding carboxylic acids is 2. The second-order valence-electron chi connectivity index (χ2n) is 9.35. The van der Waals surface area contributed by atoms with Crippen LogP contribution in [-0.4, -0.2) is 42.6 Å². The number of hydrogen-bond acceptors (Lipinski definition) is 7. The Bertz CT molecular complexity index is 1190. The van der Waals surface area contributed by atoms with Crippen molar-refractivity contribution in [3.8, 4) is 11.1 Å². The molecule has 0 saturated heterocycles. The number of carboxylic acid groups (broad SMARTS) is 1. The van der Waals surface area contributed by atoms with Crippen LogP contribution in [0.15, 0.2) is 30.3 Å². The van der Waals surface area contributed by atoms with Gasteiger partial charge in [-0.2, -0.15) is 8.42 Å². The summed E-state index contributed by atoms with van der Waals surface area (Å²) in [6, 6.07) is 9.09. The SMILES string of the molecule is CCNC(=O)S(=O)(=O)Nc1sc(CC(C)C)cc1-c1ccc(CNC(C(C)=O)(C(=O)O)C(C)C)cc1. The number of anilines is 1. The monoisotopic (exact) mass is 537 g/mol. The molecule has 4 N–H and O–H groups in total. The van der Waals surface area contributed by atoms with E-state index in [0.717, 1.165) is 22.4 Å². The Morgan fingerprint density at radius 2 is 1.69 bits per heavy atom. The normalized spacial score (nSPS) is 13.4. The molecule has 0 aliphatic carbocycles. The van der Waals surface area contributed by atoms with Gasteiger partial charge < -0.3 is 10.4 Å². The van der Waals surface area contributed by atoms with Gasteiger partial charge in [-0.05, 0) is 49.3 Å². The van der Waals surface area contributed by atoms with Gasteiger partial charge in [0.1, 0.15) is 5.00 Å². The highest BCUT2D eigenvalue weighted by molar-refractivity contribution is 8.07. The van der Waals surface area contributed by atoms with Crippen LogP contribution in [-0.2, 0) is 32.6 Å². The average Bonchev–Trinajstić information content (AvgIpc) is 3.14. The molecule has 2 rings (SSSR count). The molecule has 36 heavy (non-hydrogen) atoms. The lowest BCUT2D eigenvalue weighted by molar-refractivity contribution is -0.152. The third-order valence-corrected chi connectivity index (χ3v) is 8.09. The van der Waals surface area contributed by atoms with Crippen molar-refractivity contribution in [2.75, 3.05) is 11.3 Å². The van der Waals surface area contributed by atoms with E-state index in [1.165, 1.54) is 18.3 Å². The number of Topliss-reactive ketones (excluding diaryl/α,β-unsaturated/α-hetero) is 1. The van der Waals surface area contributed by atoms with Gasteiger partial charge in [0.25, 0.3) is 0 Å². The molecular weight excluding hydrogens is 502 g/mol. The Balaban J connectivity index is 2.36. The van der Waals surface area contributed by atoms with Gasteiger partial charge >= 0.3 is 21.2 Å². The largest absolute Gasteiger partial charge is 0.480 e. The summed E-state index contributed by atoms with van der Waals surface area (Å²) >= 11 is 1.29. The number of amides is 1. The summed E-state index contributed by atoms with van der Waals surface area (Å²) in [5.41, 5.74) is 0.447. The fourth-order valence-corrected chi connectivity index (χ4v) is 6.31. The van der Waals surface area contributed by atoms with Crippen LogP contribution in [0.4, 0.5) is 9.80 Å². The zero-order valence-electron chi connectivity index (χ0n) is 21.5. The molecule has 0 saturated carbocycles. The fraction of sp³-hybridized carbons (Fsp3) is 0.480. The molecular formula is C25H35N3O6S2. The van der Waals surface area contributed by atoms with Crippen molar-refractivity contribution >= 4 is 43.4 Å². The van der Waals surface area contributed by atoms with E-state index in [2.05, 4.69) is 29.2 Å². The smallest absolute Gasteiger partial charge is 0.357 e. The van der Waals surface area contributed by atoms with Gasteiger partial charge in [-0.1, -0.05) is 52.0 Å².